The molecule has 0 bridgehead atoms. The van der Waals surface area contributed by atoms with Crippen LogP contribution in [0.5, 0.6) is 5.75 Å². The van der Waals surface area contributed by atoms with Crippen LogP contribution < -0.4 is 4.74 Å². The highest BCUT2D eigenvalue weighted by atomic mass is 35.5. The third kappa shape index (κ3) is 4.05. The second kappa shape index (κ2) is 9.13. The number of ether oxygens (including phenoxy) is 1. The number of hydrogen-bond donors (Lipinski definition) is 1. The monoisotopic (exact) mass is 491 g/mol. The maximum atomic E-state index is 13.5. The molecule has 0 amide bonds. The number of rotatable bonds is 6. The van der Waals surface area contributed by atoms with Gasteiger partial charge in [-0.3, -0.25) is 4.57 Å². The van der Waals surface area contributed by atoms with Crippen molar-refractivity contribution in [3.05, 3.63) is 88.8 Å². The molecule has 7 nitrogen and oxygen atoms in total. The van der Waals surface area contributed by atoms with E-state index in [1.807, 2.05) is 48.9 Å². The minimum absolute atomic E-state index is 0.141. The molecule has 0 spiro atoms. The van der Waals surface area contributed by atoms with E-state index in [0.29, 0.717) is 28.0 Å². The average molecular weight is 492 g/mol. The van der Waals surface area contributed by atoms with E-state index in [1.54, 1.807) is 30.1 Å². The Morgan fingerprint density at radius 1 is 1.11 bits per heavy atom. The predicted molar refractivity (Wildman–Crippen MR) is 132 cm³/mol. The molecule has 0 saturated heterocycles. The fourth-order valence-corrected chi connectivity index (χ4v) is 4.39. The van der Waals surface area contributed by atoms with Gasteiger partial charge in [-0.05, 0) is 55.3 Å². The lowest BCUT2D eigenvalue weighted by Crippen LogP contribution is -2.12. The molecule has 3 heterocycles. The zero-order valence-electron chi connectivity index (χ0n) is 19.4. The molecule has 5 rings (SSSR count). The Hall–Kier alpha value is -3.75. The van der Waals surface area contributed by atoms with Gasteiger partial charge in [-0.1, -0.05) is 29.8 Å². The number of halogens is 2. The van der Waals surface area contributed by atoms with Crippen molar-refractivity contribution in [1.82, 2.24) is 24.3 Å². The van der Waals surface area contributed by atoms with Crippen molar-refractivity contribution < 1.29 is 14.2 Å². The summed E-state index contributed by atoms with van der Waals surface area (Å²) in [5.74, 6) is 0.967. The molecule has 0 aliphatic carbocycles. The standard InChI is InChI=1S/C26H23ClFN5O2/c1-15-25(27)33(14-29-15)22-9-6-19(11-23(22)35-3)24-21-10-17(13-34)12-32(26(21)31-30-24)16(2)18-4-7-20(28)8-5-18/h4-12,14,16,34H,13H2,1-3H3/t16-/m0/s1. The lowest BCUT2D eigenvalue weighted by atomic mass is 10.0. The van der Waals surface area contributed by atoms with Crippen LogP contribution in [0.2, 0.25) is 5.15 Å². The molecule has 0 saturated carbocycles. The van der Waals surface area contributed by atoms with Gasteiger partial charge in [-0.2, -0.15) is 0 Å². The molecule has 2 aliphatic heterocycles. The van der Waals surface area contributed by atoms with Gasteiger partial charge in [-0.15, -0.1) is 10.2 Å². The zero-order valence-corrected chi connectivity index (χ0v) is 20.2. The van der Waals surface area contributed by atoms with Crippen molar-refractivity contribution in [3.8, 4) is 34.1 Å². The summed E-state index contributed by atoms with van der Waals surface area (Å²) in [6.45, 7) is 3.70. The van der Waals surface area contributed by atoms with Crippen molar-refractivity contribution in [2.24, 2.45) is 0 Å². The third-order valence-corrected chi connectivity index (χ3v) is 6.62. The molecule has 35 heavy (non-hydrogen) atoms. The van der Waals surface area contributed by atoms with Crippen molar-refractivity contribution in [1.29, 1.82) is 0 Å². The van der Waals surface area contributed by atoms with Crippen LogP contribution in [-0.2, 0) is 6.61 Å². The van der Waals surface area contributed by atoms with Gasteiger partial charge in [0.1, 0.15) is 28.7 Å². The highest BCUT2D eigenvalue weighted by molar-refractivity contribution is 6.30. The summed E-state index contributed by atoms with van der Waals surface area (Å²) in [7, 11) is 1.59. The number of pyridine rings is 1. The first-order chi connectivity index (χ1) is 16.9. The Kier molecular flexibility index (Phi) is 6.00. The molecule has 1 atom stereocenters. The molecule has 9 heteroatoms. The summed E-state index contributed by atoms with van der Waals surface area (Å²) in [6, 6.07) is 13.8. The van der Waals surface area contributed by atoms with Gasteiger partial charge in [0.2, 0.25) is 0 Å². The number of imidazole rings is 1. The van der Waals surface area contributed by atoms with E-state index >= 15 is 0 Å². The molecule has 0 radical (unpaired) electrons. The maximum Gasteiger partial charge on any atom is 0.165 e. The number of nitrogens with zero attached hydrogens (tertiary/aromatic N) is 5. The van der Waals surface area contributed by atoms with Crippen molar-refractivity contribution >= 4 is 11.6 Å². The quantitative estimate of drug-likeness (QED) is 0.342. The predicted octanol–water partition coefficient (Wildman–Crippen LogP) is 5.45. The smallest absolute Gasteiger partial charge is 0.165 e. The average Bonchev–Trinajstić information content (AvgIpc) is 3.46. The molecule has 178 valence electrons. The second-order valence-corrected chi connectivity index (χ2v) is 8.66. The minimum atomic E-state index is -0.292. The maximum absolute atomic E-state index is 13.5. The lowest BCUT2D eigenvalue weighted by molar-refractivity contribution is 0.280. The third-order valence-electron chi connectivity index (χ3n) is 6.16. The van der Waals surface area contributed by atoms with Crippen LogP contribution in [0.25, 0.3) is 28.3 Å². The first-order valence-corrected chi connectivity index (χ1v) is 11.4. The normalized spacial score (nSPS) is 12.3. The Balaban J connectivity index is 1.59. The summed E-state index contributed by atoms with van der Waals surface area (Å²) >= 11 is 6.40. The summed E-state index contributed by atoms with van der Waals surface area (Å²) in [5, 5.41) is 19.4. The summed E-state index contributed by atoms with van der Waals surface area (Å²) < 4.78 is 22.8. The van der Waals surface area contributed by atoms with E-state index in [-0.39, 0.29) is 18.5 Å². The van der Waals surface area contributed by atoms with Gasteiger partial charge in [0.25, 0.3) is 0 Å². The minimum Gasteiger partial charge on any atom is -0.495 e. The zero-order chi connectivity index (χ0) is 24.7. The number of methoxy groups -OCH3 is 1. The van der Waals surface area contributed by atoms with Crippen LogP contribution in [0.15, 0.2) is 61.1 Å². The second-order valence-electron chi connectivity index (χ2n) is 8.30. The molecule has 0 unspecified atom stereocenters. The number of aryl methyl sites for hydroxylation is 1. The highest BCUT2D eigenvalue weighted by Gasteiger charge is 2.23. The van der Waals surface area contributed by atoms with Gasteiger partial charge in [0, 0.05) is 17.3 Å². The van der Waals surface area contributed by atoms with E-state index in [9.17, 15) is 9.50 Å². The van der Waals surface area contributed by atoms with Crippen molar-refractivity contribution in [2.75, 3.05) is 7.11 Å². The first kappa shape index (κ1) is 23.0. The molecular formula is C26H23ClFN5O2. The number of aliphatic hydroxyl groups excluding tert-OH is 1. The summed E-state index contributed by atoms with van der Waals surface area (Å²) in [4.78, 5) is 4.26. The van der Waals surface area contributed by atoms with Crippen LogP contribution in [0, 0.1) is 12.7 Å². The van der Waals surface area contributed by atoms with Gasteiger partial charge in [0.05, 0.1) is 31.1 Å². The van der Waals surface area contributed by atoms with E-state index < -0.39 is 0 Å². The van der Waals surface area contributed by atoms with Crippen LogP contribution >= 0.6 is 11.6 Å². The van der Waals surface area contributed by atoms with E-state index in [0.717, 1.165) is 28.1 Å². The Labute approximate surface area is 206 Å². The van der Waals surface area contributed by atoms with Crippen LogP contribution in [-0.4, -0.2) is 36.5 Å². The molecule has 2 aromatic carbocycles. The van der Waals surface area contributed by atoms with Crippen molar-refractivity contribution in [3.63, 3.8) is 0 Å². The Morgan fingerprint density at radius 3 is 2.54 bits per heavy atom. The fraction of sp³-hybridized carbons (Fsp3) is 0.192. The van der Waals surface area contributed by atoms with Gasteiger partial charge in [0.15, 0.2) is 5.82 Å². The topological polar surface area (TPSA) is 78.0 Å². The van der Waals surface area contributed by atoms with Crippen molar-refractivity contribution in [2.45, 2.75) is 26.5 Å². The lowest BCUT2D eigenvalue weighted by Gasteiger charge is -2.21. The first-order valence-electron chi connectivity index (χ1n) is 11.0. The number of aliphatic hydroxyl groups is 1. The molecule has 3 aromatic rings. The van der Waals surface area contributed by atoms with Gasteiger partial charge < -0.3 is 14.4 Å². The Morgan fingerprint density at radius 2 is 1.89 bits per heavy atom. The highest BCUT2D eigenvalue weighted by Crippen LogP contribution is 2.38. The number of aromatic nitrogens is 5. The number of benzene rings is 2. The number of hydrogen-bond acceptors (Lipinski definition) is 5. The van der Waals surface area contributed by atoms with E-state index in [4.69, 9.17) is 16.3 Å². The van der Waals surface area contributed by atoms with Gasteiger partial charge in [-0.25, -0.2) is 9.37 Å². The molecule has 1 aromatic heterocycles. The molecular weight excluding hydrogens is 469 g/mol. The molecule has 1 N–H and O–H groups in total. The summed E-state index contributed by atoms with van der Waals surface area (Å²) in [5.41, 5.74) is 5.36. The largest absolute Gasteiger partial charge is 0.495 e. The van der Waals surface area contributed by atoms with Crippen LogP contribution in [0.1, 0.15) is 29.8 Å². The van der Waals surface area contributed by atoms with E-state index in [1.165, 1.54) is 12.1 Å². The molecule has 2 aliphatic rings. The van der Waals surface area contributed by atoms with Gasteiger partial charge >= 0.3 is 0 Å². The summed E-state index contributed by atoms with van der Waals surface area (Å²) in [6.07, 6.45) is 3.50. The SMILES string of the molecule is COc1cc(-c2nnc3n([C@@H](C)c4ccc(F)cc4)cc(CO)cc2-3)ccc1-n1cnc(C)c1Cl. The van der Waals surface area contributed by atoms with Crippen LogP contribution in [0.4, 0.5) is 4.39 Å². The van der Waals surface area contributed by atoms with Crippen LogP contribution in [0.3, 0.4) is 0 Å². The number of fused-ring (bicyclic) bond motifs is 1. The Bertz CT molecular complexity index is 1480. The fourth-order valence-electron chi connectivity index (χ4n) is 4.21. The van der Waals surface area contributed by atoms with E-state index in [2.05, 4.69) is 15.2 Å². The molecule has 0 fully saturated rings.